The van der Waals surface area contributed by atoms with Gasteiger partial charge in [0, 0.05) is 87.9 Å². The van der Waals surface area contributed by atoms with Crippen LogP contribution in [0.5, 0.6) is 0 Å². The number of hydrogen-bond acceptors (Lipinski definition) is 9. The number of fused-ring (bicyclic) bond motifs is 2. The Morgan fingerprint density at radius 2 is 1.67 bits per heavy atom. The fourth-order valence-electron chi connectivity index (χ4n) is 5.90. The third-order valence-corrected chi connectivity index (χ3v) is 10.5. The standard InChI is InChI=1S/C29H33N5O3S2/c35-28-16-20(33-6-10-36-11-7-33)15-22(32-28)21-2-1-3-26-29(21)39-25-5-4-19(14-27(25)38-26)31-23-17-30-18-24(23)34-8-12-37-13-9-34/h1-5,14-16,23-24,30-31H,6-13,17-18H2,(H,32,35)/t23?,24-/m1/s1. The third-order valence-electron chi connectivity index (χ3n) is 7.90. The molecule has 3 fully saturated rings. The van der Waals surface area contributed by atoms with E-state index in [1.807, 2.05) is 0 Å². The number of H-pyrrole nitrogens is 1. The summed E-state index contributed by atoms with van der Waals surface area (Å²) in [6.45, 7) is 8.60. The summed E-state index contributed by atoms with van der Waals surface area (Å²) in [5, 5.41) is 7.40. The summed E-state index contributed by atoms with van der Waals surface area (Å²) < 4.78 is 11.1. The van der Waals surface area contributed by atoms with Gasteiger partial charge in [-0.25, -0.2) is 0 Å². The molecule has 4 aliphatic rings. The highest BCUT2D eigenvalue weighted by atomic mass is 32.2. The van der Waals surface area contributed by atoms with Crippen LogP contribution in [-0.4, -0.2) is 87.7 Å². The van der Waals surface area contributed by atoms with Gasteiger partial charge in [-0.15, -0.1) is 0 Å². The zero-order valence-electron chi connectivity index (χ0n) is 21.8. The van der Waals surface area contributed by atoms with Gasteiger partial charge in [0.2, 0.25) is 5.56 Å². The van der Waals surface area contributed by atoms with Crippen molar-refractivity contribution in [3.63, 3.8) is 0 Å². The first-order valence-electron chi connectivity index (χ1n) is 13.7. The molecule has 7 rings (SSSR count). The number of ether oxygens (including phenoxy) is 2. The predicted octanol–water partition coefficient (Wildman–Crippen LogP) is 3.58. The van der Waals surface area contributed by atoms with Gasteiger partial charge in [-0.05, 0) is 30.3 Å². The molecule has 204 valence electrons. The van der Waals surface area contributed by atoms with Gasteiger partial charge in [-0.3, -0.25) is 9.69 Å². The molecule has 4 aliphatic heterocycles. The van der Waals surface area contributed by atoms with E-state index in [9.17, 15) is 4.79 Å². The Morgan fingerprint density at radius 3 is 2.51 bits per heavy atom. The van der Waals surface area contributed by atoms with Crippen molar-refractivity contribution < 1.29 is 9.47 Å². The van der Waals surface area contributed by atoms with Crippen molar-refractivity contribution in [1.82, 2.24) is 15.2 Å². The Morgan fingerprint density at radius 1 is 0.846 bits per heavy atom. The Kier molecular flexibility index (Phi) is 7.31. The summed E-state index contributed by atoms with van der Waals surface area (Å²) in [6, 6.07) is 17.8. The zero-order chi connectivity index (χ0) is 26.2. The van der Waals surface area contributed by atoms with Crippen LogP contribution in [0.25, 0.3) is 11.3 Å². The van der Waals surface area contributed by atoms with Crippen LogP contribution in [0, 0.1) is 0 Å². The van der Waals surface area contributed by atoms with Gasteiger partial charge in [-0.2, -0.15) is 0 Å². The van der Waals surface area contributed by atoms with E-state index >= 15 is 0 Å². The summed E-state index contributed by atoms with van der Waals surface area (Å²) in [6.07, 6.45) is 0. The highest BCUT2D eigenvalue weighted by molar-refractivity contribution is 8.05. The minimum atomic E-state index is -0.0760. The molecule has 10 heteroatoms. The molecule has 0 saturated carbocycles. The quantitative estimate of drug-likeness (QED) is 0.338. The van der Waals surface area contributed by atoms with Crippen LogP contribution in [0.4, 0.5) is 11.4 Å². The molecule has 3 saturated heterocycles. The first kappa shape index (κ1) is 25.5. The molecule has 2 atom stereocenters. The van der Waals surface area contributed by atoms with Crippen LogP contribution in [0.2, 0.25) is 0 Å². The minimum Gasteiger partial charge on any atom is -0.379 e. The van der Waals surface area contributed by atoms with E-state index in [0.29, 0.717) is 25.3 Å². The molecule has 39 heavy (non-hydrogen) atoms. The Bertz CT molecular complexity index is 1400. The minimum absolute atomic E-state index is 0.0760. The zero-order valence-corrected chi connectivity index (χ0v) is 23.4. The fourth-order valence-corrected chi connectivity index (χ4v) is 8.31. The van der Waals surface area contributed by atoms with E-state index in [1.165, 1.54) is 19.6 Å². The van der Waals surface area contributed by atoms with E-state index in [0.717, 1.165) is 75.1 Å². The third kappa shape index (κ3) is 5.33. The van der Waals surface area contributed by atoms with E-state index in [-0.39, 0.29) is 5.56 Å². The Labute approximate surface area is 236 Å². The van der Waals surface area contributed by atoms with Crippen LogP contribution >= 0.6 is 23.5 Å². The monoisotopic (exact) mass is 563 g/mol. The van der Waals surface area contributed by atoms with Crippen molar-refractivity contribution in [3.05, 3.63) is 58.9 Å². The van der Waals surface area contributed by atoms with Crippen LogP contribution in [0.1, 0.15) is 0 Å². The van der Waals surface area contributed by atoms with Crippen molar-refractivity contribution in [3.8, 4) is 11.3 Å². The molecule has 0 radical (unpaired) electrons. The van der Waals surface area contributed by atoms with Gasteiger partial charge in [0.15, 0.2) is 0 Å². The number of rotatable bonds is 5. The number of anilines is 2. The molecule has 2 aromatic carbocycles. The maximum absolute atomic E-state index is 12.7. The Balaban J connectivity index is 1.12. The molecule has 8 nitrogen and oxygen atoms in total. The van der Waals surface area contributed by atoms with Crippen LogP contribution in [0.15, 0.2) is 72.9 Å². The normalized spacial score (nSPS) is 23.3. The summed E-state index contributed by atoms with van der Waals surface area (Å²) in [4.78, 5) is 25.4. The molecule has 1 aromatic heterocycles. The second-order valence-electron chi connectivity index (χ2n) is 10.3. The molecule has 1 unspecified atom stereocenters. The van der Waals surface area contributed by atoms with Crippen molar-refractivity contribution in [2.24, 2.45) is 0 Å². The largest absolute Gasteiger partial charge is 0.379 e. The van der Waals surface area contributed by atoms with E-state index in [1.54, 1.807) is 29.6 Å². The summed E-state index contributed by atoms with van der Waals surface area (Å²) >= 11 is 3.59. The van der Waals surface area contributed by atoms with Crippen LogP contribution < -0.4 is 21.1 Å². The molecular formula is C29H33N5O3S2. The molecular weight excluding hydrogens is 530 g/mol. The molecule has 0 spiro atoms. The second kappa shape index (κ2) is 11.2. The molecule has 5 heterocycles. The highest BCUT2D eigenvalue weighted by Crippen LogP contribution is 2.52. The van der Waals surface area contributed by atoms with Crippen molar-refractivity contribution in [2.45, 2.75) is 31.7 Å². The molecule has 0 amide bonds. The average Bonchev–Trinajstić information content (AvgIpc) is 3.44. The number of pyridine rings is 1. The molecule has 0 aliphatic carbocycles. The number of aromatic amines is 1. The van der Waals surface area contributed by atoms with Gasteiger partial charge in [0.05, 0.1) is 38.2 Å². The predicted molar refractivity (Wildman–Crippen MR) is 157 cm³/mol. The van der Waals surface area contributed by atoms with Gasteiger partial charge in [0.25, 0.3) is 0 Å². The molecule has 0 bridgehead atoms. The topological polar surface area (TPSA) is 81.9 Å². The summed E-state index contributed by atoms with van der Waals surface area (Å²) in [7, 11) is 0. The lowest BCUT2D eigenvalue weighted by atomic mass is 10.1. The van der Waals surface area contributed by atoms with Gasteiger partial charge in [-0.1, -0.05) is 35.7 Å². The first-order chi connectivity index (χ1) is 19.2. The average molecular weight is 564 g/mol. The maximum atomic E-state index is 12.7. The number of benzene rings is 2. The highest BCUT2D eigenvalue weighted by Gasteiger charge is 2.33. The van der Waals surface area contributed by atoms with E-state index in [4.69, 9.17) is 9.47 Å². The number of nitrogens with one attached hydrogen (secondary N) is 3. The van der Waals surface area contributed by atoms with E-state index < -0.39 is 0 Å². The summed E-state index contributed by atoms with van der Waals surface area (Å²) in [5.74, 6) is 0. The smallest absolute Gasteiger partial charge is 0.250 e. The lowest BCUT2D eigenvalue weighted by molar-refractivity contribution is 0.0189. The number of morpholine rings is 2. The van der Waals surface area contributed by atoms with Crippen LogP contribution in [-0.2, 0) is 9.47 Å². The lowest BCUT2D eigenvalue weighted by Crippen LogP contribution is -2.50. The van der Waals surface area contributed by atoms with Crippen molar-refractivity contribution >= 4 is 34.9 Å². The number of hydrogen-bond donors (Lipinski definition) is 3. The lowest BCUT2D eigenvalue weighted by Gasteiger charge is -2.35. The number of aromatic nitrogens is 1. The van der Waals surface area contributed by atoms with Gasteiger partial charge < -0.3 is 30.0 Å². The molecule has 3 aromatic rings. The number of nitrogens with zero attached hydrogens (tertiary/aromatic N) is 2. The first-order valence-corrected chi connectivity index (χ1v) is 15.3. The van der Waals surface area contributed by atoms with Gasteiger partial charge in [0.1, 0.15) is 0 Å². The van der Waals surface area contributed by atoms with Crippen molar-refractivity contribution in [1.29, 1.82) is 0 Å². The fraction of sp³-hybridized carbons (Fsp3) is 0.414. The van der Waals surface area contributed by atoms with Crippen LogP contribution in [0.3, 0.4) is 0 Å². The molecule has 3 N–H and O–H groups in total. The second-order valence-corrected chi connectivity index (χ2v) is 12.5. The Hall–Kier alpha value is -2.47. The van der Waals surface area contributed by atoms with Crippen molar-refractivity contribution in [2.75, 3.05) is 75.9 Å². The summed E-state index contributed by atoms with van der Waals surface area (Å²) in [5.41, 5.74) is 3.97. The van der Waals surface area contributed by atoms with E-state index in [2.05, 4.69) is 67.9 Å². The SMILES string of the molecule is O=c1cc(N2CCOCC2)cc(-c2cccc3c2Sc2ccc(NC4CNC[C@H]4N4CCOCC4)cc2S3)[nH]1. The maximum Gasteiger partial charge on any atom is 0.250 e. The van der Waals surface area contributed by atoms with Gasteiger partial charge >= 0.3 is 0 Å².